The second-order valence-corrected chi connectivity index (χ2v) is 6.25. The van der Waals surface area contributed by atoms with Crippen molar-refractivity contribution in [3.63, 3.8) is 0 Å². The zero-order chi connectivity index (χ0) is 16.8. The van der Waals surface area contributed by atoms with Crippen LogP contribution in [0.2, 0.25) is 0 Å². The van der Waals surface area contributed by atoms with Crippen molar-refractivity contribution < 1.29 is 9.53 Å². The maximum atomic E-state index is 12.4. The molecule has 0 radical (unpaired) electrons. The van der Waals surface area contributed by atoms with E-state index < -0.39 is 0 Å². The van der Waals surface area contributed by atoms with Gasteiger partial charge in [0.25, 0.3) is 0 Å². The molecule has 2 aliphatic rings. The van der Waals surface area contributed by atoms with Crippen LogP contribution >= 0.6 is 0 Å². The van der Waals surface area contributed by atoms with Crippen molar-refractivity contribution in [2.75, 3.05) is 59.0 Å². The summed E-state index contributed by atoms with van der Waals surface area (Å²) in [6.45, 7) is 6.41. The van der Waals surface area contributed by atoms with Crippen LogP contribution in [0.15, 0.2) is 30.3 Å². The van der Waals surface area contributed by atoms with Crippen LogP contribution in [0.1, 0.15) is 11.6 Å². The second-order valence-electron chi connectivity index (χ2n) is 6.25. The molecule has 2 fully saturated rings. The van der Waals surface area contributed by atoms with Crippen LogP contribution in [-0.4, -0.2) is 79.6 Å². The lowest BCUT2D eigenvalue weighted by molar-refractivity contribution is -0.135. The molecule has 24 heavy (non-hydrogen) atoms. The van der Waals surface area contributed by atoms with Crippen molar-refractivity contribution in [2.24, 2.45) is 0 Å². The third-order valence-electron chi connectivity index (χ3n) is 4.73. The lowest BCUT2D eigenvalue weighted by atomic mass is 10.1. The minimum absolute atomic E-state index is 0.185. The molecule has 3 rings (SSSR count). The predicted octanol–water partition coefficient (Wildman–Crippen LogP) is 0.728. The van der Waals surface area contributed by atoms with E-state index in [1.807, 2.05) is 35.2 Å². The van der Waals surface area contributed by atoms with Crippen LogP contribution in [0.5, 0.6) is 0 Å². The zero-order valence-corrected chi connectivity index (χ0v) is 13.9. The van der Waals surface area contributed by atoms with Gasteiger partial charge in [-0.25, -0.2) is 0 Å². The minimum atomic E-state index is -0.234. The molecular weight excluding hydrogens is 304 g/mol. The van der Waals surface area contributed by atoms with Crippen LogP contribution in [0.3, 0.4) is 0 Å². The van der Waals surface area contributed by atoms with Crippen molar-refractivity contribution in [1.29, 1.82) is 5.26 Å². The molecule has 1 aromatic rings. The number of piperazine rings is 1. The lowest BCUT2D eigenvalue weighted by Gasteiger charge is -2.38. The van der Waals surface area contributed by atoms with E-state index in [0.29, 0.717) is 32.8 Å². The molecule has 128 valence electrons. The second kappa shape index (κ2) is 8.25. The van der Waals surface area contributed by atoms with E-state index in [1.165, 1.54) is 0 Å². The van der Waals surface area contributed by atoms with E-state index >= 15 is 0 Å². The summed E-state index contributed by atoms with van der Waals surface area (Å²) in [6, 6.07) is 12.0. The fourth-order valence-corrected chi connectivity index (χ4v) is 3.28. The highest BCUT2D eigenvalue weighted by Gasteiger charge is 2.27. The molecule has 0 bridgehead atoms. The first-order valence-electron chi connectivity index (χ1n) is 8.54. The summed E-state index contributed by atoms with van der Waals surface area (Å²) in [5, 5.41) is 9.53. The molecule has 0 aromatic heterocycles. The quantitative estimate of drug-likeness (QED) is 0.815. The summed E-state index contributed by atoms with van der Waals surface area (Å²) in [4.78, 5) is 18.7. The molecule has 2 saturated heterocycles. The average Bonchev–Trinajstić information content (AvgIpc) is 2.65. The standard InChI is InChI=1S/C18H24N4O2/c19-14-17(16-4-2-1-3-5-16)21-6-8-22(9-7-21)18(23)15-20-10-12-24-13-11-20/h1-5,17H,6-13,15H2/t17-/m0/s1. The summed E-state index contributed by atoms with van der Waals surface area (Å²) in [6.07, 6.45) is 0. The maximum Gasteiger partial charge on any atom is 0.236 e. The first kappa shape index (κ1) is 16.9. The van der Waals surface area contributed by atoms with Gasteiger partial charge in [-0.2, -0.15) is 5.26 Å². The largest absolute Gasteiger partial charge is 0.379 e. The van der Waals surface area contributed by atoms with Gasteiger partial charge in [0.15, 0.2) is 0 Å². The summed E-state index contributed by atoms with van der Waals surface area (Å²) in [5.74, 6) is 0.185. The zero-order valence-electron chi connectivity index (χ0n) is 13.9. The van der Waals surface area contributed by atoms with E-state index in [-0.39, 0.29) is 11.9 Å². The Labute approximate surface area is 143 Å². The highest BCUT2D eigenvalue weighted by atomic mass is 16.5. The minimum Gasteiger partial charge on any atom is -0.379 e. The number of carbonyl (C=O) groups is 1. The fourth-order valence-electron chi connectivity index (χ4n) is 3.28. The lowest BCUT2D eigenvalue weighted by Crippen LogP contribution is -2.52. The number of hydrogen-bond donors (Lipinski definition) is 0. The number of nitrogens with zero attached hydrogens (tertiary/aromatic N) is 4. The van der Waals surface area contributed by atoms with Gasteiger partial charge in [0.2, 0.25) is 5.91 Å². The molecule has 1 amide bonds. The maximum absolute atomic E-state index is 12.4. The van der Waals surface area contributed by atoms with Gasteiger partial charge in [0, 0.05) is 39.3 Å². The SMILES string of the molecule is N#C[C@@H](c1ccccc1)N1CCN(C(=O)CN2CCOCC2)CC1. The van der Waals surface area contributed by atoms with Crippen LogP contribution < -0.4 is 0 Å². The van der Waals surface area contributed by atoms with E-state index in [1.54, 1.807) is 0 Å². The van der Waals surface area contributed by atoms with Gasteiger partial charge in [-0.1, -0.05) is 30.3 Å². The van der Waals surface area contributed by atoms with E-state index in [4.69, 9.17) is 4.74 Å². The normalized spacial score (nSPS) is 21.2. The van der Waals surface area contributed by atoms with E-state index in [0.717, 1.165) is 31.7 Å². The summed E-state index contributed by atoms with van der Waals surface area (Å²) >= 11 is 0. The van der Waals surface area contributed by atoms with Gasteiger partial charge in [-0.05, 0) is 5.56 Å². The molecule has 6 nitrogen and oxygen atoms in total. The predicted molar refractivity (Wildman–Crippen MR) is 90.2 cm³/mol. The summed E-state index contributed by atoms with van der Waals surface area (Å²) < 4.78 is 5.32. The fraction of sp³-hybridized carbons (Fsp3) is 0.556. The van der Waals surface area contributed by atoms with Crippen molar-refractivity contribution in [3.8, 4) is 6.07 Å². The molecule has 1 atom stereocenters. The Balaban J connectivity index is 1.51. The number of hydrogen-bond acceptors (Lipinski definition) is 5. The molecule has 1 aromatic carbocycles. The van der Waals surface area contributed by atoms with Crippen molar-refractivity contribution in [3.05, 3.63) is 35.9 Å². The number of amides is 1. The smallest absolute Gasteiger partial charge is 0.236 e. The van der Waals surface area contributed by atoms with Crippen LogP contribution in [0.25, 0.3) is 0 Å². The van der Waals surface area contributed by atoms with Gasteiger partial charge < -0.3 is 9.64 Å². The Kier molecular flexibility index (Phi) is 5.81. The van der Waals surface area contributed by atoms with Crippen LogP contribution in [0.4, 0.5) is 0 Å². The third kappa shape index (κ3) is 4.12. The molecule has 2 aliphatic heterocycles. The van der Waals surface area contributed by atoms with E-state index in [2.05, 4.69) is 15.9 Å². The molecule has 0 aliphatic carbocycles. The van der Waals surface area contributed by atoms with Crippen LogP contribution in [-0.2, 0) is 9.53 Å². The van der Waals surface area contributed by atoms with Gasteiger partial charge >= 0.3 is 0 Å². The Hall–Kier alpha value is -1.94. The van der Waals surface area contributed by atoms with Crippen LogP contribution in [0, 0.1) is 11.3 Å². The Morgan fingerprint density at radius 2 is 1.75 bits per heavy atom. The first-order chi connectivity index (χ1) is 11.8. The van der Waals surface area contributed by atoms with Gasteiger partial charge in [0.1, 0.15) is 6.04 Å². The van der Waals surface area contributed by atoms with Gasteiger partial charge in [-0.15, -0.1) is 0 Å². The highest BCUT2D eigenvalue weighted by Crippen LogP contribution is 2.21. The Morgan fingerprint density at radius 1 is 1.08 bits per heavy atom. The molecule has 0 saturated carbocycles. The summed E-state index contributed by atoms with van der Waals surface area (Å²) in [5.41, 5.74) is 1.02. The molecule has 0 spiro atoms. The molecule has 6 heteroatoms. The van der Waals surface area contributed by atoms with Crippen molar-refractivity contribution in [1.82, 2.24) is 14.7 Å². The average molecular weight is 328 g/mol. The third-order valence-corrected chi connectivity index (χ3v) is 4.73. The van der Waals surface area contributed by atoms with Gasteiger partial charge in [0.05, 0.1) is 25.8 Å². The summed E-state index contributed by atoms with van der Waals surface area (Å²) in [7, 11) is 0. The number of morpholine rings is 1. The number of nitriles is 1. The number of carbonyl (C=O) groups excluding carboxylic acids is 1. The number of rotatable bonds is 4. The van der Waals surface area contributed by atoms with Crippen molar-refractivity contribution in [2.45, 2.75) is 6.04 Å². The monoisotopic (exact) mass is 328 g/mol. The Morgan fingerprint density at radius 3 is 2.38 bits per heavy atom. The topological polar surface area (TPSA) is 59.8 Å². The molecule has 0 N–H and O–H groups in total. The van der Waals surface area contributed by atoms with Gasteiger partial charge in [-0.3, -0.25) is 14.6 Å². The van der Waals surface area contributed by atoms with E-state index in [9.17, 15) is 10.1 Å². The Bertz CT molecular complexity index is 572. The molecule has 0 unspecified atom stereocenters. The van der Waals surface area contributed by atoms with Crippen molar-refractivity contribution >= 4 is 5.91 Å². The molecular formula is C18H24N4O2. The molecule has 2 heterocycles. The first-order valence-corrected chi connectivity index (χ1v) is 8.54. The number of benzene rings is 1. The number of ether oxygens (including phenoxy) is 1. The highest BCUT2D eigenvalue weighted by molar-refractivity contribution is 5.78.